The maximum Gasteiger partial charge on any atom is 0.0460 e. The minimum Gasteiger partial charge on any atom is -0.361 e. The van der Waals surface area contributed by atoms with Gasteiger partial charge in [0, 0.05) is 22.4 Å². The van der Waals surface area contributed by atoms with Crippen LogP contribution in [-0.4, -0.2) is 4.98 Å². The zero-order valence-electron chi connectivity index (χ0n) is 12.1. The first-order valence-electron chi connectivity index (χ1n) is 7.40. The lowest BCUT2D eigenvalue weighted by Crippen LogP contribution is -2.19. The molecule has 0 unspecified atom stereocenters. The number of aromatic amines is 1. The van der Waals surface area contributed by atoms with Crippen LogP contribution in [-0.2, 0) is 0 Å². The van der Waals surface area contributed by atoms with Crippen LogP contribution in [0, 0.1) is 0 Å². The summed E-state index contributed by atoms with van der Waals surface area (Å²) in [5.41, 5.74) is 1.21. The van der Waals surface area contributed by atoms with Gasteiger partial charge in [-0.05, 0) is 24.6 Å². The number of hydrogen-bond donors (Lipinski definition) is 1. The van der Waals surface area contributed by atoms with E-state index in [1.54, 1.807) is 0 Å². The molecular formula is C20H16NP. The quantitative estimate of drug-likeness (QED) is 0.552. The van der Waals surface area contributed by atoms with Gasteiger partial charge in [-0.25, -0.2) is 0 Å². The molecule has 0 amide bonds. The van der Waals surface area contributed by atoms with Gasteiger partial charge in [-0.3, -0.25) is 0 Å². The first-order valence-corrected chi connectivity index (χ1v) is 8.74. The summed E-state index contributed by atoms with van der Waals surface area (Å²) in [6.07, 6.45) is 2.18. The molecule has 22 heavy (non-hydrogen) atoms. The molecule has 0 fully saturated rings. The molecule has 1 aromatic heterocycles. The van der Waals surface area contributed by atoms with Crippen molar-refractivity contribution in [2.24, 2.45) is 0 Å². The third-order valence-corrected chi connectivity index (χ3v) is 6.32. The van der Waals surface area contributed by atoms with E-state index < -0.39 is 7.92 Å². The van der Waals surface area contributed by atoms with Crippen molar-refractivity contribution in [1.82, 2.24) is 4.98 Å². The first kappa shape index (κ1) is 13.3. The Morgan fingerprint density at radius 3 is 1.77 bits per heavy atom. The first-order chi connectivity index (χ1) is 10.9. The fraction of sp³-hybridized carbons (Fsp3) is 0. The molecule has 0 saturated carbocycles. The summed E-state index contributed by atoms with van der Waals surface area (Å²) < 4.78 is 0. The van der Waals surface area contributed by atoms with E-state index in [1.165, 1.54) is 26.8 Å². The number of nitrogens with one attached hydrogen (secondary N) is 1. The minimum absolute atomic E-state index is 0.540. The predicted octanol–water partition coefficient (Wildman–Crippen LogP) is 3.93. The van der Waals surface area contributed by atoms with Crippen LogP contribution in [0.2, 0.25) is 0 Å². The second kappa shape index (κ2) is 5.79. The van der Waals surface area contributed by atoms with Gasteiger partial charge in [0.15, 0.2) is 0 Å². The van der Waals surface area contributed by atoms with Crippen LogP contribution in [0.4, 0.5) is 0 Å². The Bertz CT molecular complexity index is 842. The molecule has 1 heterocycles. The number of para-hydroxylation sites is 1. The Balaban J connectivity index is 1.95. The van der Waals surface area contributed by atoms with E-state index in [4.69, 9.17) is 0 Å². The van der Waals surface area contributed by atoms with E-state index in [0.29, 0.717) is 0 Å². The molecule has 0 aliphatic heterocycles. The van der Waals surface area contributed by atoms with Crippen LogP contribution < -0.4 is 15.9 Å². The highest BCUT2D eigenvalue weighted by Gasteiger charge is 2.19. The van der Waals surface area contributed by atoms with Crippen LogP contribution in [0.15, 0.2) is 91.1 Å². The van der Waals surface area contributed by atoms with Gasteiger partial charge in [-0.15, -0.1) is 0 Å². The van der Waals surface area contributed by atoms with Crippen molar-refractivity contribution in [2.45, 2.75) is 0 Å². The summed E-state index contributed by atoms with van der Waals surface area (Å²) in [6, 6.07) is 30.2. The van der Waals surface area contributed by atoms with Gasteiger partial charge >= 0.3 is 0 Å². The topological polar surface area (TPSA) is 15.8 Å². The highest BCUT2D eigenvalue weighted by Crippen LogP contribution is 2.35. The van der Waals surface area contributed by atoms with Crippen LogP contribution in [0.25, 0.3) is 10.9 Å². The molecule has 0 atom stereocenters. The highest BCUT2D eigenvalue weighted by atomic mass is 31.1. The standard InChI is InChI=1S/C20H16NP/c1-3-9-16(10-4-1)22(17-11-5-2-6-12-17)20-15-21-19-14-8-7-13-18(19)20/h1-15,21H. The van der Waals surface area contributed by atoms with E-state index in [-0.39, 0.29) is 0 Å². The largest absolute Gasteiger partial charge is 0.361 e. The summed E-state index contributed by atoms with van der Waals surface area (Å²) in [5.74, 6) is 0. The van der Waals surface area contributed by atoms with Crippen molar-refractivity contribution in [3.05, 3.63) is 91.1 Å². The van der Waals surface area contributed by atoms with E-state index in [0.717, 1.165) is 0 Å². The predicted molar refractivity (Wildman–Crippen MR) is 97.0 cm³/mol. The normalized spacial score (nSPS) is 11.1. The number of benzene rings is 3. The molecule has 1 nitrogen and oxygen atoms in total. The average molecular weight is 301 g/mol. The molecule has 106 valence electrons. The van der Waals surface area contributed by atoms with Gasteiger partial charge in [0.2, 0.25) is 0 Å². The van der Waals surface area contributed by atoms with E-state index in [9.17, 15) is 0 Å². The number of fused-ring (bicyclic) bond motifs is 1. The lowest BCUT2D eigenvalue weighted by molar-refractivity contribution is 1.49. The van der Waals surface area contributed by atoms with Crippen LogP contribution in [0.5, 0.6) is 0 Å². The molecule has 2 heteroatoms. The molecule has 0 spiro atoms. The van der Waals surface area contributed by atoms with Crippen molar-refractivity contribution in [3.63, 3.8) is 0 Å². The monoisotopic (exact) mass is 301 g/mol. The van der Waals surface area contributed by atoms with Crippen LogP contribution in [0.1, 0.15) is 0 Å². The SMILES string of the molecule is c1ccc(P(c2ccccc2)c2c[nH]c3ccccc23)cc1. The van der Waals surface area contributed by atoms with Crippen molar-refractivity contribution in [2.75, 3.05) is 0 Å². The smallest absolute Gasteiger partial charge is 0.0460 e. The molecule has 4 aromatic rings. The van der Waals surface area contributed by atoms with Crippen LogP contribution >= 0.6 is 7.92 Å². The lowest BCUT2D eigenvalue weighted by atomic mass is 10.2. The fourth-order valence-electron chi connectivity index (χ4n) is 2.82. The summed E-state index contributed by atoms with van der Waals surface area (Å²) >= 11 is 0. The second-order valence-corrected chi connectivity index (χ2v) is 7.41. The summed E-state index contributed by atoms with van der Waals surface area (Å²) in [7, 11) is -0.540. The summed E-state index contributed by atoms with van der Waals surface area (Å²) in [5, 5.41) is 5.48. The Hall–Kier alpha value is -2.37. The zero-order chi connectivity index (χ0) is 14.8. The zero-order valence-corrected chi connectivity index (χ0v) is 13.0. The van der Waals surface area contributed by atoms with Crippen molar-refractivity contribution >= 4 is 34.7 Å². The molecule has 0 aliphatic rings. The molecule has 0 saturated heterocycles. The van der Waals surface area contributed by atoms with Crippen molar-refractivity contribution < 1.29 is 0 Å². The highest BCUT2D eigenvalue weighted by molar-refractivity contribution is 7.80. The third-order valence-electron chi connectivity index (χ3n) is 3.84. The second-order valence-electron chi connectivity index (χ2n) is 5.23. The fourth-order valence-corrected chi connectivity index (χ4v) is 5.25. The average Bonchev–Trinajstić information content (AvgIpc) is 3.01. The summed E-state index contributed by atoms with van der Waals surface area (Å²) in [6.45, 7) is 0. The Morgan fingerprint density at radius 1 is 0.591 bits per heavy atom. The molecule has 0 bridgehead atoms. The molecule has 3 aromatic carbocycles. The van der Waals surface area contributed by atoms with Crippen LogP contribution in [0.3, 0.4) is 0 Å². The van der Waals surface area contributed by atoms with Gasteiger partial charge in [-0.1, -0.05) is 78.9 Å². The molecule has 0 radical (unpaired) electrons. The van der Waals surface area contributed by atoms with Gasteiger partial charge in [0.05, 0.1) is 0 Å². The van der Waals surface area contributed by atoms with Gasteiger partial charge in [0.25, 0.3) is 0 Å². The number of hydrogen-bond acceptors (Lipinski definition) is 0. The maximum absolute atomic E-state index is 3.42. The number of rotatable bonds is 3. The third kappa shape index (κ3) is 2.34. The van der Waals surface area contributed by atoms with Gasteiger partial charge < -0.3 is 4.98 Å². The van der Waals surface area contributed by atoms with E-state index in [1.807, 2.05) is 0 Å². The van der Waals surface area contributed by atoms with Crippen molar-refractivity contribution in [3.8, 4) is 0 Å². The molecule has 0 aliphatic carbocycles. The molecule has 1 N–H and O–H groups in total. The number of H-pyrrole nitrogens is 1. The minimum atomic E-state index is -0.540. The Kier molecular flexibility index (Phi) is 3.50. The Labute approximate surface area is 131 Å². The number of aromatic nitrogens is 1. The van der Waals surface area contributed by atoms with Gasteiger partial charge in [0.1, 0.15) is 0 Å². The molecular weight excluding hydrogens is 285 g/mol. The molecule has 4 rings (SSSR count). The van der Waals surface area contributed by atoms with Crippen molar-refractivity contribution in [1.29, 1.82) is 0 Å². The lowest BCUT2D eigenvalue weighted by Gasteiger charge is -2.18. The Morgan fingerprint density at radius 2 is 1.14 bits per heavy atom. The summed E-state index contributed by atoms with van der Waals surface area (Å²) in [4.78, 5) is 3.42. The van der Waals surface area contributed by atoms with Gasteiger partial charge in [-0.2, -0.15) is 0 Å². The van der Waals surface area contributed by atoms with E-state index in [2.05, 4.69) is 96.1 Å². The maximum atomic E-state index is 3.42. The van der Waals surface area contributed by atoms with E-state index >= 15 is 0 Å².